The van der Waals surface area contributed by atoms with Gasteiger partial charge in [-0.2, -0.15) is 4.37 Å². The highest BCUT2D eigenvalue weighted by Crippen LogP contribution is 2.29. The van der Waals surface area contributed by atoms with Crippen LogP contribution in [0.2, 0.25) is 0 Å². The van der Waals surface area contributed by atoms with E-state index in [-0.39, 0.29) is 28.2 Å². The molecular formula is C22H29N5O3S. The molecule has 1 heterocycles. The van der Waals surface area contributed by atoms with Gasteiger partial charge in [0.25, 0.3) is 11.8 Å². The SMILES string of the molecule is CCCC(C(=O)NC1CCCC1)N(C(=O)c1snc(C(N)=O)c1N)c1ccc(C)cc1. The second-order valence-electron chi connectivity index (χ2n) is 7.94. The van der Waals surface area contributed by atoms with Gasteiger partial charge in [-0.05, 0) is 49.9 Å². The Kier molecular flexibility index (Phi) is 7.27. The predicted molar refractivity (Wildman–Crippen MR) is 122 cm³/mol. The van der Waals surface area contributed by atoms with Gasteiger partial charge in [-0.25, -0.2) is 0 Å². The minimum absolute atomic E-state index is 0.0499. The van der Waals surface area contributed by atoms with E-state index in [1.54, 1.807) is 0 Å². The zero-order valence-corrected chi connectivity index (χ0v) is 18.7. The van der Waals surface area contributed by atoms with Crippen LogP contribution in [0.4, 0.5) is 11.4 Å². The number of nitrogens with zero attached hydrogens (tertiary/aromatic N) is 2. The lowest BCUT2D eigenvalue weighted by atomic mass is 10.1. The minimum Gasteiger partial charge on any atom is -0.395 e. The van der Waals surface area contributed by atoms with E-state index in [0.29, 0.717) is 18.5 Å². The number of nitrogen functional groups attached to an aromatic ring is 1. The van der Waals surface area contributed by atoms with E-state index in [4.69, 9.17) is 11.5 Å². The van der Waals surface area contributed by atoms with Gasteiger partial charge < -0.3 is 16.8 Å². The van der Waals surface area contributed by atoms with Crippen molar-refractivity contribution in [3.8, 4) is 0 Å². The maximum absolute atomic E-state index is 13.6. The molecule has 0 bridgehead atoms. The van der Waals surface area contributed by atoms with Gasteiger partial charge in [0.05, 0.1) is 5.69 Å². The molecule has 166 valence electrons. The molecule has 0 saturated heterocycles. The number of carbonyl (C=O) groups is 3. The first-order chi connectivity index (χ1) is 14.8. The summed E-state index contributed by atoms with van der Waals surface area (Å²) in [6.45, 7) is 3.92. The molecule has 0 radical (unpaired) electrons. The first-order valence-corrected chi connectivity index (χ1v) is 11.4. The standard InChI is InChI=1S/C22H29N5O3S/c1-3-6-16(21(29)25-14-7-4-5-8-14)27(15-11-9-13(2)10-12-15)22(30)19-17(23)18(20(24)28)26-31-19/h9-12,14,16H,3-8,23H2,1-2H3,(H2,24,28)(H,25,29). The van der Waals surface area contributed by atoms with Gasteiger partial charge >= 0.3 is 0 Å². The van der Waals surface area contributed by atoms with E-state index in [2.05, 4.69) is 9.69 Å². The molecule has 0 spiro atoms. The van der Waals surface area contributed by atoms with Crippen molar-refractivity contribution in [3.63, 3.8) is 0 Å². The molecule has 1 unspecified atom stereocenters. The second-order valence-corrected chi connectivity index (χ2v) is 8.72. The fourth-order valence-corrected chi connectivity index (χ4v) is 4.64. The Morgan fingerprint density at radius 1 is 1.23 bits per heavy atom. The van der Waals surface area contributed by atoms with E-state index in [9.17, 15) is 14.4 Å². The van der Waals surface area contributed by atoms with Gasteiger partial charge in [-0.1, -0.05) is 43.9 Å². The summed E-state index contributed by atoms with van der Waals surface area (Å²) < 4.78 is 3.95. The van der Waals surface area contributed by atoms with E-state index in [1.165, 1.54) is 4.90 Å². The van der Waals surface area contributed by atoms with Crippen molar-refractivity contribution in [2.75, 3.05) is 10.6 Å². The molecule has 1 atom stereocenters. The monoisotopic (exact) mass is 443 g/mol. The fourth-order valence-electron chi connectivity index (χ4n) is 3.90. The summed E-state index contributed by atoms with van der Waals surface area (Å²) in [6, 6.07) is 6.82. The van der Waals surface area contributed by atoms with Crippen LogP contribution >= 0.6 is 11.5 Å². The normalized spacial score (nSPS) is 14.9. The van der Waals surface area contributed by atoms with Gasteiger partial charge in [0.2, 0.25) is 5.91 Å². The highest BCUT2D eigenvalue weighted by atomic mass is 32.1. The maximum atomic E-state index is 13.6. The summed E-state index contributed by atoms with van der Waals surface area (Å²) in [5.41, 5.74) is 12.8. The first-order valence-electron chi connectivity index (χ1n) is 10.6. The van der Waals surface area contributed by atoms with Crippen molar-refractivity contribution in [1.82, 2.24) is 9.69 Å². The van der Waals surface area contributed by atoms with Gasteiger partial charge in [0.1, 0.15) is 10.9 Å². The van der Waals surface area contributed by atoms with E-state index in [0.717, 1.165) is 42.8 Å². The molecule has 3 amide bonds. The molecule has 9 heteroatoms. The molecule has 1 saturated carbocycles. The Hall–Kier alpha value is -2.94. The Balaban J connectivity index is 2.01. The number of carbonyl (C=O) groups excluding carboxylic acids is 3. The van der Waals surface area contributed by atoms with Crippen molar-refractivity contribution in [1.29, 1.82) is 0 Å². The Bertz CT molecular complexity index is 951. The minimum atomic E-state index is -0.793. The smallest absolute Gasteiger partial charge is 0.272 e. The highest BCUT2D eigenvalue weighted by molar-refractivity contribution is 7.09. The van der Waals surface area contributed by atoms with E-state index < -0.39 is 17.9 Å². The van der Waals surface area contributed by atoms with Crippen LogP contribution in [0, 0.1) is 6.92 Å². The van der Waals surface area contributed by atoms with Crippen LogP contribution in [0.1, 0.15) is 71.2 Å². The van der Waals surface area contributed by atoms with Crippen LogP contribution in [0.15, 0.2) is 24.3 Å². The number of nitrogens with two attached hydrogens (primary N) is 2. The lowest BCUT2D eigenvalue weighted by Gasteiger charge is -2.31. The number of rotatable bonds is 8. The number of aryl methyl sites for hydroxylation is 1. The summed E-state index contributed by atoms with van der Waals surface area (Å²) in [4.78, 5) is 40.1. The van der Waals surface area contributed by atoms with Crippen LogP contribution in [-0.4, -0.2) is 34.2 Å². The summed E-state index contributed by atoms with van der Waals surface area (Å²) in [5.74, 6) is -1.44. The number of aromatic nitrogens is 1. The lowest BCUT2D eigenvalue weighted by Crippen LogP contribution is -2.51. The molecule has 31 heavy (non-hydrogen) atoms. The van der Waals surface area contributed by atoms with E-state index >= 15 is 0 Å². The maximum Gasteiger partial charge on any atom is 0.272 e. The molecule has 3 rings (SSSR count). The lowest BCUT2D eigenvalue weighted by molar-refractivity contribution is -0.123. The molecule has 1 aromatic carbocycles. The van der Waals surface area contributed by atoms with Gasteiger partial charge in [0, 0.05) is 11.7 Å². The Morgan fingerprint density at radius 3 is 2.42 bits per heavy atom. The third-order valence-electron chi connectivity index (χ3n) is 5.56. The fraction of sp³-hybridized carbons (Fsp3) is 0.455. The van der Waals surface area contributed by atoms with Crippen molar-refractivity contribution in [2.45, 2.75) is 64.5 Å². The Morgan fingerprint density at radius 2 is 1.87 bits per heavy atom. The molecule has 1 aliphatic carbocycles. The molecule has 5 N–H and O–H groups in total. The van der Waals surface area contributed by atoms with Crippen LogP contribution in [-0.2, 0) is 4.79 Å². The third kappa shape index (κ3) is 5.04. The summed E-state index contributed by atoms with van der Waals surface area (Å²) in [5, 5.41) is 3.12. The third-order valence-corrected chi connectivity index (χ3v) is 6.42. The van der Waals surface area contributed by atoms with Crippen molar-refractivity contribution in [3.05, 3.63) is 40.4 Å². The number of hydrogen-bond donors (Lipinski definition) is 3. The van der Waals surface area contributed by atoms with Gasteiger partial charge in [-0.15, -0.1) is 0 Å². The average Bonchev–Trinajstić information content (AvgIpc) is 3.38. The zero-order chi connectivity index (χ0) is 22.5. The summed E-state index contributed by atoms with van der Waals surface area (Å²) in [7, 11) is 0. The molecule has 2 aromatic rings. The summed E-state index contributed by atoms with van der Waals surface area (Å²) in [6.07, 6.45) is 5.29. The second kappa shape index (κ2) is 9.91. The molecular weight excluding hydrogens is 414 g/mol. The summed E-state index contributed by atoms with van der Waals surface area (Å²) >= 11 is 0.820. The van der Waals surface area contributed by atoms with Crippen LogP contribution in [0.3, 0.4) is 0 Å². The van der Waals surface area contributed by atoms with Gasteiger partial charge in [-0.3, -0.25) is 19.3 Å². The predicted octanol–water partition coefficient (Wildman–Crippen LogP) is 3.01. The van der Waals surface area contributed by atoms with Crippen LogP contribution in [0.5, 0.6) is 0 Å². The zero-order valence-electron chi connectivity index (χ0n) is 17.9. The van der Waals surface area contributed by atoms with Crippen LogP contribution in [0.25, 0.3) is 0 Å². The average molecular weight is 444 g/mol. The number of benzene rings is 1. The molecule has 0 aliphatic heterocycles. The molecule has 8 nitrogen and oxygen atoms in total. The number of anilines is 2. The number of primary amides is 1. The Labute approximate surface area is 186 Å². The topological polar surface area (TPSA) is 131 Å². The number of amides is 3. The van der Waals surface area contributed by atoms with Crippen molar-refractivity contribution < 1.29 is 14.4 Å². The van der Waals surface area contributed by atoms with Crippen molar-refractivity contribution >= 4 is 40.6 Å². The molecule has 1 aromatic heterocycles. The number of nitrogens with one attached hydrogen (secondary N) is 1. The highest BCUT2D eigenvalue weighted by Gasteiger charge is 2.35. The first kappa shape index (κ1) is 22.7. The van der Waals surface area contributed by atoms with Crippen molar-refractivity contribution in [2.24, 2.45) is 5.73 Å². The van der Waals surface area contributed by atoms with Crippen LogP contribution < -0.4 is 21.7 Å². The van der Waals surface area contributed by atoms with Gasteiger partial charge in [0.15, 0.2) is 5.69 Å². The molecule has 1 aliphatic rings. The van der Waals surface area contributed by atoms with E-state index in [1.807, 2.05) is 38.1 Å². The largest absolute Gasteiger partial charge is 0.395 e. The number of hydrogen-bond acceptors (Lipinski definition) is 6. The molecule has 1 fully saturated rings. The quantitative estimate of drug-likeness (QED) is 0.577.